The minimum Gasteiger partial charge on any atom is -0.489 e. The molecule has 2 radical (unpaired) electrons. The van der Waals surface area contributed by atoms with Gasteiger partial charge >= 0.3 is 0 Å². The van der Waals surface area contributed by atoms with Crippen LogP contribution >= 0.6 is 0 Å². The molecule has 1 aliphatic rings. The summed E-state index contributed by atoms with van der Waals surface area (Å²) in [7, 11) is 0. The van der Waals surface area contributed by atoms with Crippen molar-refractivity contribution in [3.63, 3.8) is 0 Å². The normalized spacial score (nSPS) is 11.7. The van der Waals surface area contributed by atoms with Gasteiger partial charge in [-0.25, -0.2) is 0 Å². The fourth-order valence-corrected chi connectivity index (χ4v) is 1.06. The summed E-state index contributed by atoms with van der Waals surface area (Å²) in [5.41, 5.74) is 1.17. The summed E-state index contributed by atoms with van der Waals surface area (Å²) in [6, 6.07) is 8.03. The molecule has 3 heteroatoms. The minimum atomic E-state index is 0. The average molecular weight is 379 g/mol. The van der Waals surface area contributed by atoms with Crippen molar-refractivity contribution >= 4 is 6.08 Å². The molecule has 1 heterocycles. The van der Waals surface area contributed by atoms with Crippen molar-refractivity contribution < 1.29 is 41.9 Å². The molecule has 0 saturated heterocycles. The van der Waals surface area contributed by atoms with Gasteiger partial charge in [-0.1, -0.05) is 24.3 Å². The summed E-state index contributed by atoms with van der Waals surface area (Å²) in [6.07, 6.45) is 4.10. The van der Waals surface area contributed by atoms with Crippen LogP contribution in [0.1, 0.15) is 5.56 Å². The van der Waals surface area contributed by atoms with Crippen LogP contribution in [-0.4, -0.2) is 6.61 Å². The molecule has 0 spiro atoms. The molecule has 1 aliphatic heterocycles. The van der Waals surface area contributed by atoms with Gasteiger partial charge in [0.1, 0.15) is 12.4 Å². The zero-order chi connectivity index (χ0) is 6.81. The predicted molar refractivity (Wildman–Crippen MR) is 41.0 cm³/mol. The summed E-state index contributed by atoms with van der Waals surface area (Å²) in [4.78, 5) is 0. The summed E-state index contributed by atoms with van der Waals surface area (Å²) >= 11 is 0. The summed E-state index contributed by atoms with van der Waals surface area (Å²) in [6.45, 7) is 0.705. The van der Waals surface area contributed by atoms with Crippen LogP contribution in [-0.2, 0) is 37.2 Å². The zero-order valence-corrected chi connectivity index (χ0v) is 9.87. The molecule has 0 aromatic heterocycles. The van der Waals surface area contributed by atoms with Crippen LogP contribution in [0.4, 0.5) is 0 Å². The van der Waals surface area contributed by atoms with Crippen molar-refractivity contribution in [2.45, 2.75) is 0 Å². The Morgan fingerprint density at radius 3 is 2.67 bits per heavy atom. The van der Waals surface area contributed by atoms with E-state index in [1.165, 1.54) is 5.56 Å². The molecule has 0 unspecified atom stereocenters. The van der Waals surface area contributed by atoms with Gasteiger partial charge in [-0.05, 0) is 12.1 Å². The standard InChI is InChI=1S/C9H8O.Ir.Mn/c1-2-6-9-8(4-1)5-3-7-10-9;;/h1-6H,7H2;;. The second kappa shape index (κ2) is 5.55. The molecule has 1 nitrogen and oxygen atoms in total. The van der Waals surface area contributed by atoms with E-state index >= 15 is 0 Å². The van der Waals surface area contributed by atoms with Gasteiger partial charge in [0, 0.05) is 42.7 Å². The van der Waals surface area contributed by atoms with Gasteiger partial charge in [0.2, 0.25) is 0 Å². The largest absolute Gasteiger partial charge is 0.489 e. The Hall–Kier alpha value is -0.0712. The number of rotatable bonds is 0. The van der Waals surface area contributed by atoms with Crippen molar-refractivity contribution in [3.8, 4) is 5.75 Å². The molecule has 0 amide bonds. The van der Waals surface area contributed by atoms with E-state index in [4.69, 9.17) is 4.74 Å². The number of hydrogen-bond donors (Lipinski definition) is 0. The number of ether oxygens (including phenoxy) is 1. The van der Waals surface area contributed by atoms with Gasteiger partial charge < -0.3 is 4.74 Å². The second-order valence-electron chi connectivity index (χ2n) is 2.25. The molecule has 1 aromatic carbocycles. The van der Waals surface area contributed by atoms with E-state index in [1.54, 1.807) is 0 Å². The first-order chi connectivity index (χ1) is 4.97. The van der Waals surface area contributed by atoms with Crippen molar-refractivity contribution in [2.24, 2.45) is 0 Å². The summed E-state index contributed by atoms with van der Waals surface area (Å²) in [5, 5.41) is 0. The van der Waals surface area contributed by atoms with E-state index in [2.05, 4.69) is 6.08 Å². The molecular weight excluding hydrogens is 371 g/mol. The zero-order valence-electron chi connectivity index (χ0n) is 6.29. The van der Waals surface area contributed by atoms with Crippen LogP contribution in [0.2, 0.25) is 0 Å². The number of fused-ring (bicyclic) bond motifs is 1. The maximum absolute atomic E-state index is 5.34. The Kier molecular flexibility index (Phi) is 5.52. The van der Waals surface area contributed by atoms with E-state index in [9.17, 15) is 0 Å². The molecule has 0 saturated carbocycles. The number of para-hydroxylation sites is 1. The van der Waals surface area contributed by atoms with E-state index in [1.807, 2.05) is 30.3 Å². The number of benzene rings is 1. The van der Waals surface area contributed by atoms with Gasteiger partial charge in [-0.3, -0.25) is 0 Å². The minimum absolute atomic E-state index is 0. The Morgan fingerprint density at radius 1 is 1.17 bits per heavy atom. The maximum atomic E-state index is 5.34. The first-order valence-corrected chi connectivity index (χ1v) is 3.35. The number of hydrogen-bond acceptors (Lipinski definition) is 1. The second-order valence-corrected chi connectivity index (χ2v) is 2.25. The van der Waals surface area contributed by atoms with Crippen molar-refractivity contribution in [2.75, 3.05) is 6.61 Å². The third-order valence-corrected chi connectivity index (χ3v) is 1.55. The van der Waals surface area contributed by atoms with Crippen LogP contribution in [0.15, 0.2) is 30.3 Å². The van der Waals surface area contributed by atoms with E-state index in [0.717, 1.165) is 5.75 Å². The molecule has 1 aromatic rings. The molecule has 0 bridgehead atoms. The van der Waals surface area contributed by atoms with Gasteiger partial charge in [0.15, 0.2) is 0 Å². The van der Waals surface area contributed by atoms with E-state index in [0.29, 0.717) is 6.61 Å². The molecule has 0 fully saturated rings. The van der Waals surface area contributed by atoms with Gasteiger partial charge in [0.05, 0.1) is 0 Å². The molecular formula is C9H8IrMnO. The van der Waals surface area contributed by atoms with Crippen LogP contribution in [0.25, 0.3) is 6.08 Å². The van der Waals surface area contributed by atoms with Gasteiger partial charge in [-0.2, -0.15) is 0 Å². The van der Waals surface area contributed by atoms with Crippen molar-refractivity contribution in [3.05, 3.63) is 35.9 Å². The summed E-state index contributed by atoms with van der Waals surface area (Å²) < 4.78 is 5.34. The molecule has 0 N–H and O–H groups in total. The quantitative estimate of drug-likeness (QED) is 0.628. The SMILES string of the molecule is C1=Cc2ccccc2OC1.[Ir].[Mn]. The van der Waals surface area contributed by atoms with Crippen LogP contribution in [0.3, 0.4) is 0 Å². The molecule has 12 heavy (non-hydrogen) atoms. The van der Waals surface area contributed by atoms with Gasteiger partial charge in [0.25, 0.3) is 0 Å². The van der Waals surface area contributed by atoms with E-state index in [-0.39, 0.29) is 37.2 Å². The third kappa shape index (κ3) is 2.46. The fraction of sp³-hybridized carbons (Fsp3) is 0.111. The monoisotopic (exact) mass is 380 g/mol. The fourth-order valence-electron chi connectivity index (χ4n) is 1.06. The third-order valence-electron chi connectivity index (χ3n) is 1.55. The van der Waals surface area contributed by atoms with Crippen molar-refractivity contribution in [1.82, 2.24) is 0 Å². The Morgan fingerprint density at radius 2 is 1.92 bits per heavy atom. The molecule has 66 valence electrons. The van der Waals surface area contributed by atoms with Crippen molar-refractivity contribution in [1.29, 1.82) is 0 Å². The summed E-state index contributed by atoms with van der Waals surface area (Å²) in [5.74, 6) is 0.991. The Labute approximate surface area is 96.0 Å². The Balaban J connectivity index is 0.000000605. The average Bonchev–Trinajstić information content (AvgIpc) is 2.05. The molecule has 0 aliphatic carbocycles. The van der Waals surface area contributed by atoms with Gasteiger partial charge in [-0.15, -0.1) is 0 Å². The van der Waals surface area contributed by atoms with Crippen LogP contribution < -0.4 is 4.74 Å². The first-order valence-electron chi connectivity index (χ1n) is 3.35. The smallest absolute Gasteiger partial charge is 0.126 e. The van der Waals surface area contributed by atoms with Crippen LogP contribution in [0, 0.1) is 0 Å². The molecule has 2 rings (SSSR count). The maximum Gasteiger partial charge on any atom is 0.126 e. The van der Waals surface area contributed by atoms with Crippen LogP contribution in [0.5, 0.6) is 5.75 Å². The van der Waals surface area contributed by atoms with E-state index < -0.39 is 0 Å². The topological polar surface area (TPSA) is 9.23 Å². The Bertz CT molecular complexity index is 273. The molecule has 0 atom stereocenters. The first kappa shape index (κ1) is 11.9. The predicted octanol–water partition coefficient (Wildman–Crippen LogP) is 2.09.